The molecule has 2 aromatic rings. The zero-order chi connectivity index (χ0) is 14.4. The van der Waals surface area contributed by atoms with Gasteiger partial charge in [-0.2, -0.15) is 5.10 Å². The first-order valence-electron chi connectivity index (χ1n) is 6.53. The van der Waals surface area contributed by atoms with Crippen molar-refractivity contribution in [2.24, 2.45) is 7.05 Å². The van der Waals surface area contributed by atoms with Crippen LogP contribution in [-0.4, -0.2) is 33.3 Å². The molecular formula is C13H19N5O2. The second-order valence-electron chi connectivity index (χ2n) is 4.56. The van der Waals surface area contributed by atoms with Crippen LogP contribution in [0.2, 0.25) is 0 Å². The summed E-state index contributed by atoms with van der Waals surface area (Å²) in [6, 6.07) is 3.35. The highest BCUT2D eigenvalue weighted by molar-refractivity contribution is 5.81. The van der Waals surface area contributed by atoms with Crippen molar-refractivity contribution in [3.05, 3.63) is 36.3 Å². The zero-order valence-corrected chi connectivity index (χ0v) is 11.7. The number of carbonyl (C=O) groups is 1. The standard InChI is InChI=1S/C13H19N5O2/c1-10(13(19)15-8-11-4-3-7-20-11)14-6-5-12-16-9-18(2)17-12/h3-4,7,9-10,14H,5-6,8H2,1-2H3,(H,15,19). The number of carbonyl (C=O) groups excluding carboxylic acids is 1. The summed E-state index contributed by atoms with van der Waals surface area (Å²) in [5, 5.41) is 10.1. The van der Waals surface area contributed by atoms with Crippen LogP contribution in [0.15, 0.2) is 29.1 Å². The van der Waals surface area contributed by atoms with E-state index >= 15 is 0 Å². The summed E-state index contributed by atoms with van der Waals surface area (Å²) in [6.45, 7) is 2.88. The van der Waals surface area contributed by atoms with Gasteiger partial charge in [-0.15, -0.1) is 0 Å². The molecule has 0 radical (unpaired) electrons. The Labute approximate surface area is 117 Å². The largest absolute Gasteiger partial charge is 0.467 e. The van der Waals surface area contributed by atoms with E-state index in [-0.39, 0.29) is 11.9 Å². The lowest BCUT2D eigenvalue weighted by molar-refractivity contribution is -0.123. The van der Waals surface area contributed by atoms with Gasteiger partial charge in [-0.1, -0.05) is 0 Å². The average molecular weight is 277 g/mol. The van der Waals surface area contributed by atoms with E-state index in [1.165, 1.54) is 0 Å². The molecule has 2 aromatic heterocycles. The van der Waals surface area contributed by atoms with Crippen molar-refractivity contribution in [1.29, 1.82) is 0 Å². The van der Waals surface area contributed by atoms with Gasteiger partial charge in [0.25, 0.3) is 0 Å². The first kappa shape index (κ1) is 14.3. The highest BCUT2D eigenvalue weighted by Crippen LogP contribution is 1.98. The van der Waals surface area contributed by atoms with Gasteiger partial charge in [-0.3, -0.25) is 9.48 Å². The smallest absolute Gasteiger partial charge is 0.237 e. The molecule has 2 heterocycles. The molecule has 20 heavy (non-hydrogen) atoms. The van der Waals surface area contributed by atoms with Gasteiger partial charge < -0.3 is 15.1 Å². The third-order valence-electron chi connectivity index (χ3n) is 2.86. The van der Waals surface area contributed by atoms with E-state index in [0.29, 0.717) is 19.5 Å². The molecule has 0 aliphatic carbocycles. The van der Waals surface area contributed by atoms with Crippen molar-refractivity contribution in [3.63, 3.8) is 0 Å². The minimum atomic E-state index is -0.270. The van der Waals surface area contributed by atoms with Crippen LogP contribution in [0.5, 0.6) is 0 Å². The molecule has 0 saturated carbocycles. The molecule has 2 rings (SSSR count). The molecule has 0 aliphatic rings. The topological polar surface area (TPSA) is 85.0 Å². The summed E-state index contributed by atoms with van der Waals surface area (Å²) < 4.78 is 6.81. The molecular weight excluding hydrogens is 258 g/mol. The van der Waals surface area contributed by atoms with Crippen LogP contribution in [0.4, 0.5) is 0 Å². The van der Waals surface area contributed by atoms with Gasteiger partial charge in [0.1, 0.15) is 12.1 Å². The number of aromatic nitrogens is 3. The lowest BCUT2D eigenvalue weighted by Gasteiger charge is -2.12. The van der Waals surface area contributed by atoms with Gasteiger partial charge in [0.2, 0.25) is 5.91 Å². The molecule has 108 valence electrons. The fourth-order valence-electron chi connectivity index (χ4n) is 1.73. The summed E-state index contributed by atoms with van der Waals surface area (Å²) in [5.74, 6) is 1.45. The Balaban J connectivity index is 1.66. The summed E-state index contributed by atoms with van der Waals surface area (Å²) in [6.07, 6.45) is 3.94. The molecule has 7 heteroatoms. The third kappa shape index (κ3) is 4.20. The molecule has 0 bridgehead atoms. The van der Waals surface area contributed by atoms with Crippen molar-refractivity contribution >= 4 is 5.91 Å². The molecule has 1 unspecified atom stereocenters. The second-order valence-corrected chi connectivity index (χ2v) is 4.56. The maximum atomic E-state index is 11.8. The van der Waals surface area contributed by atoms with E-state index in [0.717, 1.165) is 11.6 Å². The van der Waals surface area contributed by atoms with Gasteiger partial charge in [0.15, 0.2) is 5.82 Å². The first-order valence-corrected chi connectivity index (χ1v) is 6.53. The minimum Gasteiger partial charge on any atom is -0.467 e. The highest BCUT2D eigenvalue weighted by atomic mass is 16.3. The van der Waals surface area contributed by atoms with E-state index in [9.17, 15) is 4.79 Å². The van der Waals surface area contributed by atoms with Crippen LogP contribution in [0.1, 0.15) is 18.5 Å². The van der Waals surface area contributed by atoms with Crippen molar-refractivity contribution in [1.82, 2.24) is 25.4 Å². The first-order chi connectivity index (χ1) is 9.65. The lowest BCUT2D eigenvalue weighted by Crippen LogP contribution is -2.42. The Hall–Kier alpha value is -2.15. The van der Waals surface area contributed by atoms with Gasteiger partial charge in [0.05, 0.1) is 18.8 Å². The van der Waals surface area contributed by atoms with Crippen LogP contribution in [0.25, 0.3) is 0 Å². The fourth-order valence-corrected chi connectivity index (χ4v) is 1.73. The van der Waals surface area contributed by atoms with Crippen molar-refractivity contribution in [2.75, 3.05) is 6.54 Å². The van der Waals surface area contributed by atoms with Crippen LogP contribution in [0.3, 0.4) is 0 Å². The van der Waals surface area contributed by atoms with E-state index < -0.39 is 0 Å². The number of furan rings is 1. The Morgan fingerprint density at radius 2 is 2.40 bits per heavy atom. The summed E-state index contributed by atoms with van der Waals surface area (Å²) in [7, 11) is 1.83. The average Bonchev–Trinajstić information content (AvgIpc) is 3.07. The monoisotopic (exact) mass is 277 g/mol. The number of aryl methyl sites for hydroxylation is 1. The SMILES string of the molecule is CC(NCCc1ncn(C)n1)C(=O)NCc1ccco1. The maximum absolute atomic E-state index is 11.8. The van der Waals surface area contributed by atoms with E-state index in [4.69, 9.17) is 4.42 Å². The predicted molar refractivity (Wildman–Crippen MR) is 72.7 cm³/mol. The minimum absolute atomic E-state index is 0.0598. The lowest BCUT2D eigenvalue weighted by atomic mass is 10.3. The number of hydrogen-bond donors (Lipinski definition) is 2. The Morgan fingerprint density at radius 3 is 3.05 bits per heavy atom. The normalized spacial score (nSPS) is 12.3. The highest BCUT2D eigenvalue weighted by Gasteiger charge is 2.12. The Kier molecular flexibility index (Phi) is 4.89. The van der Waals surface area contributed by atoms with E-state index in [2.05, 4.69) is 20.7 Å². The number of hydrogen-bond acceptors (Lipinski definition) is 5. The van der Waals surface area contributed by atoms with Gasteiger partial charge in [0, 0.05) is 20.0 Å². The predicted octanol–water partition coefficient (Wildman–Crippen LogP) is 0.245. The van der Waals surface area contributed by atoms with Crippen molar-refractivity contribution in [3.8, 4) is 0 Å². The fraction of sp³-hybridized carbons (Fsp3) is 0.462. The number of rotatable bonds is 7. The van der Waals surface area contributed by atoms with Crippen LogP contribution in [-0.2, 0) is 24.8 Å². The van der Waals surface area contributed by atoms with Crippen molar-refractivity contribution in [2.45, 2.75) is 25.9 Å². The number of nitrogens with one attached hydrogen (secondary N) is 2. The molecule has 0 spiro atoms. The van der Waals surface area contributed by atoms with Crippen LogP contribution >= 0.6 is 0 Å². The second kappa shape index (κ2) is 6.85. The van der Waals surface area contributed by atoms with Gasteiger partial charge in [-0.25, -0.2) is 4.98 Å². The summed E-state index contributed by atoms with van der Waals surface area (Å²) >= 11 is 0. The van der Waals surface area contributed by atoms with E-state index in [1.54, 1.807) is 23.3 Å². The number of nitrogens with zero attached hydrogens (tertiary/aromatic N) is 3. The van der Waals surface area contributed by atoms with Crippen LogP contribution < -0.4 is 10.6 Å². The number of amides is 1. The molecule has 1 atom stereocenters. The molecule has 2 N–H and O–H groups in total. The summed E-state index contributed by atoms with van der Waals surface area (Å²) in [4.78, 5) is 16.0. The molecule has 0 aromatic carbocycles. The molecule has 7 nitrogen and oxygen atoms in total. The molecule has 0 aliphatic heterocycles. The molecule has 1 amide bonds. The zero-order valence-electron chi connectivity index (χ0n) is 11.7. The van der Waals surface area contributed by atoms with Gasteiger partial charge in [-0.05, 0) is 19.1 Å². The Bertz CT molecular complexity index is 535. The molecule has 0 fully saturated rings. The Morgan fingerprint density at radius 1 is 1.55 bits per heavy atom. The van der Waals surface area contributed by atoms with Crippen molar-refractivity contribution < 1.29 is 9.21 Å². The third-order valence-corrected chi connectivity index (χ3v) is 2.86. The van der Waals surface area contributed by atoms with Crippen LogP contribution in [0, 0.1) is 0 Å². The van der Waals surface area contributed by atoms with Gasteiger partial charge >= 0.3 is 0 Å². The quantitative estimate of drug-likeness (QED) is 0.757. The maximum Gasteiger partial charge on any atom is 0.237 e. The molecule has 0 saturated heterocycles. The summed E-state index contributed by atoms with van der Waals surface area (Å²) in [5.41, 5.74) is 0. The van der Waals surface area contributed by atoms with E-state index in [1.807, 2.05) is 20.0 Å².